The van der Waals surface area contributed by atoms with Crippen LogP contribution in [0.2, 0.25) is 0 Å². The zero-order valence-electron chi connectivity index (χ0n) is 11.8. The molecule has 0 amide bonds. The maximum absolute atomic E-state index is 11.7. The number of carbonyl (C=O) groups excluding carboxylic acids is 1. The molecule has 0 fully saturated rings. The molecule has 0 aliphatic carbocycles. The van der Waals surface area contributed by atoms with Crippen LogP contribution in [0.1, 0.15) is 24.9 Å². The van der Waals surface area contributed by atoms with E-state index in [9.17, 15) is 4.79 Å². The lowest BCUT2D eigenvalue weighted by Gasteiger charge is -2.25. The van der Waals surface area contributed by atoms with Gasteiger partial charge in [-0.15, -0.1) is 0 Å². The van der Waals surface area contributed by atoms with Gasteiger partial charge in [-0.1, -0.05) is 15.9 Å². The van der Waals surface area contributed by atoms with E-state index < -0.39 is 0 Å². The molecule has 0 aliphatic rings. The predicted molar refractivity (Wildman–Crippen MR) is 78.4 cm³/mol. The summed E-state index contributed by atoms with van der Waals surface area (Å²) >= 11 is 3.45. The summed E-state index contributed by atoms with van der Waals surface area (Å²) in [5.41, 5.74) is 0.968. The molecular formula is C14H20BrNO3. The fourth-order valence-corrected chi connectivity index (χ4v) is 2.29. The van der Waals surface area contributed by atoms with Gasteiger partial charge >= 0.3 is 5.97 Å². The third kappa shape index (κ3) is 4.51. The summed E-state index contributed by atoms with van der Waals surface area (Å²) in [5, 5.41) is 0. The Bertz CT molecular complexity index is 435. The fraction of sp³-hybridized carbons (Fsp3) is 0.500. The van der Waals surface area contributed by atoms with E-state index in [1.165, 1.54) is 0 Å². The number of halogens is 1. The van der Waals surface area contributed by atoms with Gasteiger partial charge in [0.1, 0.15) is 5.75 Å². The van der Waals surface area contributed by atoms with Crippen molar-refractivity contribution in [1.82, 2.24) is 4.90 Å². The summed E-state index contributed by atoms with van der Waals surface area (Å²) in [7, 11) is 5.50. The van der Waals surface area contributed by atoms with Gasteiger partial charge in [0.05, 0.1) is 20.1 Å². The van der Waals surface area contributed by atoms with Crippen LogP contribution in [-0.2, 0) is 9.53 Å². The van der Waals surface area contributed by atoms with Crippen LogP contribution in [-0.4, -0.2) is 38.7 Å². The standard InChI is InChI=1S/C14H20BrNO3/c1-5-19-14(17)9-12(16(2)3)11-8-10(15)6-7-13(11)18-4/h6-8,12H,5,9H2,1-4H3. The number of nitrogens with zero attached hydrogens (tertiary/aromatic N) is 1. The number of esters is 1. The smallest absolute Gasteiger partial charge is 0.307 e. The molecule has 1 rings (SSSR count). The van der Waals surface area contributed by atoms with Crippen LogP contribution >= 0.6 is 15.9 Å². The van der Waals surface area contributed by atoms with E-state index in [1.807, 2.05) is 44.1 Å². The van der Waals surface area contributed by atoms with Gasteiger partial charge in [0.15, 0.2) is 0 Å². The van der Waals surface area contributed by atoms with Gasteiger partial charge in [0, 0.05) is 16.1 Å². The highest BCUT2D eigenvalue weighted by Gasteiger charge is 2.22. The maximum atomic E-state index is 11.7. The lowest BCUT2D eigenvalue weighted by Crippen LogP contribution is -2.24. The van der Waals surface area contributed by atoms with E-state index in [2.05, 4.69) is 15.9 Å². The first-order chi connectivity index (χ1) is 8.99. The van der Waals surface area contributed by atoms with E-state index >= 15 is 0 Å². The van der Waals surface area contributed by atoms with E-state index in [0.717, 1.165) is 15.8 Å². The van der Waals surface area contributed by atoms with Crippen molar-refractivity contribution < 1.29 is 14.3 Å². The first kappa shape index (κ1) is 16.0. The van der Waals surface area contributed by atoms with Crippen molar-refractivity contribution in [2.45, 2.75) is 19.4 Å². The molecule has 0 radical (unpaired) electrons. The molecule has 4 nitrogen and oxygen atoms in total. The summed E-state index contributed by atoms with van der Waals surface area (Å²) < 4.78 is 11.4. The first-order valence-corrected chi connectivity index (χ1v) is 6.94. The Labute approximate surface area is 122 Å². The molecule has 0 N–H and O–H groups in total. The lowest BCUT2D eigenvalue weighted by atomic mass is 10.0. The second-order valence-electron chi connectivity index (χ2n) is 4.37. The summed E-state index contributed by atoms with van der Waals surface area (Å²) in [6.45, 7) is 2.21. The molecular weight excluding hydrogens is 310 g/mol. The van der Waals surface area contributed by atoms with E-state index in [0.29, 0.717) is 13.0 Å². The van der Waals surface area contributed by atoms with Gasteiger partial charge < -0.3 is 14.4 Å². The molecule has 1 atom stereocenters. The van der Waals surface area contributed by atoms with E-state index in [-0.39, 0.29) is 12.0 Å². The Morgan fingerprint density at radius 3 is 2.63 bits per heavy atom. The van der Waals surface area contributed by atoms with Crippen LogP contribution in [0.4, 0.5) is 0 Å². The van der Waals surface area contributed by atoms with Crippen LogP contribution in [0.15, 0.2) is 22.7 Å². The number of hydrogen-bond acceptors (Lipinski definition) is 4. The molecule has 0 heterocycles. The van der Waals surface area contributed by atoms with Crippen molar-refractivity contribution in [3.63, 3.8) is 0 Å². The fourth-order valence-electron chi connectivity index (χ4n) is 1.91. The number of carbonyl (C=O) groups is 1. The SMILES string of the molecule is CCOC(=O)CC(c1cc(Br)ccc1OC)N(C)C. The first-order valence-electron chi connectivity index (χ1n) is 6.15. The van der Waals surface area contributed by atoms with Crippen molar-refractivity contribution in [3.8, 4) is 5.75 Å². The molecule has 106 valence electrons. The van der Waals surface area contributed by atoms with Crippen molar-refractivity contribution in [2.24, 2.45) is 0 Å². The van der Waals surface area contributed by atoms with Crippen molar-refractivity contribution >= 4 is 21.9 Å². The van der Waals surface area contributed by atoms with Crippen molar-refractivity contribution in [2.75, 3.05) is 27.8 Å². The minimum absolute atomic E-state index is 0.0773. The maximum Gasteiger partial charge on any atom is 0.307 e. The van der Waals surface area contributed by atoms with Gasteiger partial charge in [-0.25, -0.2) is 0 Å². The van der Waals surface area contributed by atoms with Crippen molar-refractivity contribution in [1.29, 1.82) is 0 Å². The summed E-state index contributed by atoms with van der Waals surface area (Å²) in [6.07, 6.45) is 0.299. The molecule has 0 saturated heterocycles. The van der Waals surface area contributed by atoms with Gasteiger partial charge in [0.25, 0.3) is 0 Å². The number of rotatable bonds is 6. The predicted octanol–water partition coefficient (Wildman–Crippen LogP) is 3.01. The van der Waals surface area contributed by atoms with Crippen LogP contribution in [0.25, 0.3) is 0 Å². The molecule has 1 aromatic rings. The number of methoxy groups -OCH3 is 1. The Morgan fingerprint density at radius 1 is 1.42 bits per heavy atom. The third-order valence-corrected chi connectivity index (χ3v) is 3.33. The highest BCUT2D eigenvalue weighted by atomic mass is 79.9. The Kier molecular flexibility index (Phi) is 6.31. The van der Waals surface area contributed by atoms with E-state index in [1.54, 1.807) is 7.11 Å². The Balaban J connectivity index is 3.04. The van der Waals surface area contributed by atoms with Crippen LogP contribution in [0.3, 0.4) is 0 Å². The Hall–Kier alpha value is -1.07. The summed E-state index contributed by atoms with van der Waals surface area (Å²) in [5.74, 6) is 0.564. The highest BCUT2D eigenvalue weighted by molar-refractivity contribution is 9.10. The molecule has 1 aromatic carbocycles. The zero-order chi connectivity index (χ0) is 14.4. The quantitative estimate of drug-likeness (QED) is 0.752. The molecule has 5 heteroatoms. The highest BCUT2D eigenvalue weighted by Crippen LogP contribution is 2.33. The molecule has 0 bridgehead atoms. The van der Waals surface area contributed by atoms with Gasteiger partial charge in [0.2, 0.25) is 0 Å². The van der Waals surface area contributed by atoms with Gasteiger partial charge in [-0.3, -0.25) is 4.79 Å². The molecule has 0 aliphatic heterocycles. The minimum atomic E-state index is -0.205. The van der Waals surface area contributed by atoms with Crippen molar-refractivity contribution in [3.05, 3.63) is 28.2 Å². The number of hydrogen-bond donors (Lipinski definition) is 0. The third-order valence-electron chi connectivity index (χ3n) is 2.84. The van der Waals surface area contributed by atoms with E-state index in [4.69, 9.17) is 9.47 Å². The minimum Gasteiger partial charge on any atom is -0.496 e. The summed E-state index contributed by atoms with van der Waals surface area (Å²) in [4.78, 5) is 13.7. The topological polar surface area (TPSA) is 38.8 Å². The summed E-state index contributed by atoms with van der Waals surface area (Å²) in [6, 6.07) is 5.70. The van der Waals surface area contributed by atoms with Crippen LogP contribution in [0.5, 0.6) is 5.75 Å². The number of ether oxygens (including phenoxy) is 2. The Morgan fingerprint density at radius 2 is 2.11 bits per heavy atom. The lowest BCUT2D eigenvalue weighted by molar-refractivity contribution is -0.144. The average molecular weight is 330 g/mol. The zero-order valence-corrected chi connectivity index (χ0v) is 13.4. The monoisotopic (exact) mass is 329 g/mol. The number of benzene rings is 1. The second-order valence-corrected chi connectivity index (χ2v) is 5.29. The van der Waals surface area contributed by atoms with Gasteiger partial charge in [-0.05, 0) is 39.2 Å². The molecule has 19 heavy (non-hydrogen) atoms. The largest absolute Gasteiger partial charge is 0.496 e. The average Bonchev–Trinajstić information content (AvgIpc) is 2.36. The van der Waals surface area contributed by atoms with Gasteiger partial charge in [-0.2, -0.15) is 0 Å². The molecule has 0 saturated carbocycles. The molecule has 1 unspecified atom stereocenters. The molecule has 0 spiro atoms. The molecule has 0 aromatic heterocycles. The van der Waals surface area contributed by atoms with Crippen LogP contribution < -0.4 is 4.74 Å². The normalized spacial score (nSPS) is 12.3. The van der Waals surface area contributed by atoms with Crippen LogP contribution in [0, 0.1) is 0 Å². The second kappa shape index (κ2) is 7.50.